The Morgan fingerprint density at radius 3 is 2.52 bits per heavy atom. The molecule has 0 spiro atoms. The molecule has 2 heterocycles. The van der Waals surface area contributed by atoms with Gasteiger partial charge in [-0.15, -0.1) is 29.9 Å². The van der Waals surface area contributed by atoms with E-state index in [1.54, 1.807) is 0 Å². The molecular weight excluding hydrogens is 337 g/mol. The minimum Gasteiger partial charge on any atom is -0.407 e. The molecule has 1 saturated carbocycles. The zero-order chi connectivity index (χ0) is 14.5. The molecule has 6 nitrogen and oxygen atoms in total. The first-order valence-electron chi connectivity index (χ1n) is 8.39. The molecule has 1 saturated heterocycles. The third kappa shape index (κ3) is 5.48. The van der Waals surface area contributed by atoms with E-state index in [1.807, 2.05) is 0 Å². The average molecular weight is 366 g/mol. The van der Waals surface area contributed by atoms with Crippen LogP contribution < -0.4 is 11.1 Å². The van der Waals surface area contributed by atoms with Crippen LogP contribution in [-0.2, 0) is 6.54 Å². The van der Waals surface area contributed by atoms with Crippen molar-refractivity contribution >= 4 is 30.8 Å². The maximum absolute atomic E-state index is 5.47. The summed E-state index contributed by atoms with van der Waals surface area (Å²) < 4.78 is 5.38. The lowest BCUT2D eigenvalue weighted by molar-refractivity contribution is 0.0932. The zero-order valence-electron chi connectivity index (χ0n) is 13.6. The Morgan fingerprint density at radius 2 is 1.83 bits per heavy atom. The lowest BCUT2D eigenvalue weighted by Crippen LogP contribution is -2.45. The summed E-state index contributed by atoms with van der Waals surface area (Å²) in [5.41, 5.74) is 5.47. The van der Waals surface area contributed by atoms with Crippen LogP contribution in [0.1, 0.15) is 57.3 Å². The van der Waals surface area contributed by atoms with E-state index < -0.39 is 0 Å². The smallest absolute Gasteiger partial charge is 0.315 e. The summed E-state index contributed by atoms with van der Waals surface area (Å²) >= 11 is 0. The highest BCUT2D eigenvalue weighted by molar-refractivity contribution is 5.85. The number of anilines is 1. The standard InChI is InChI=1S/C15H27N5O.2ClH/c16-11-14-18-19-15(21-14)17-9-8-13-7-3-4-10-20(13)12-5-1-2-6-12;;/h12-13H,1-11,16H2,(H,17,19);2*1H. The highest BCUT2D eigenvalue weighted by atomic mass is 35.5. The number of nitrogens with one attached hydrogen (secondary N) is 1. The number of hydrogen-bond acceptors (Lipinski definition) is 6. The summed E-state index contributed by atoms with van der Waals surface area (Å²) in [5.74, 6) is 0.489. The number of likely N-dealkylation sites (tertiary alicyclic amines) is 1. The summed E-state index contributed by atoms with van der Waals surface area (Å²) in [6.07, 6.45) is 10.8. The predicted octanol–water partition coefficient (Wildman–Crippen LogP) is 2.97. The van der Waals surface area contributed by atoms with Crippen LogP contribution in [0.4, 0.5) is 6.01 Å². The lowest BCUT2D eigenvalue weighted by atomic mass is 9.96. The molecule has 0 amide bonds. The molecule has 1 unspecified atom stereocenters. The molecule has 1 aliphatic carbocycles. The van der Waals surface area contributed by atoms with E-state index in [2.05, 4.69) is 20.4 Å². The van der Waals surface area contributed by atoms with Gasteiger partial charge < -0.3 is 15.5 Å². The topological polar surface area (TPSA) is 80.2 Å². The first-order valence-corrected chi connectivity index (χ1v) is 8.39. The van der Waals surface area contributed by atoms with Gasteiger partial charge in [-0.05, 0) is 38.6 Å². The average Bonchev–Trinajstić information content (AvgIpc) is 3.19. The normalized spacial score (nSPS) is 22.4. The second-order valence-electron chi connectivity index (χ2n) is 6.25. The fraction of sp³-hybridized carbons (Fsp3) is 0.867. The Hall–Kier alpha value is -0.560. The molecule has 2 aliphatic rings. The summed E-state index contributed by atoms with van der Waals surface area (Å²) in [4.78, 5) is 2.78. The van der Waals surface area contributed by atoms with Gasteiger partial charge in [0.25, 0.3) is 0 Å². The third-order valence-corrected chi connectivity index (χ3v) is 4.86. The molecule has 0 bridgehead atoms. The van der Waals surface area contributed by atoms with Gasteiger partial charge in [-0.3, -0.25) is 4.90 Å². The van der Waals surface area contributed by atoms with Crippen molar-refractivity contribution in [3.8, 4) is 0 Å². The van der Waals surface area contributed by atoms with Gasteiger partial charge in [0.15, 0.2) is 0 Å². The molecule has 3 N–H and O–H groups in total. The molecule has 2 fully saturated rings. The second-order valence-corrected chi connectivity index (χ2v) is 6.25. The van der Waals surface area contributed by atoms with Crippen LogP contribution in [0.3, 0.4) is 0 Å². The molecule has 134 valence electrons. The summed E-state index contributed by atoms with van der Waals surface area (Å²) in [7, 11) is 0. The molecule has 0 aromatic carbocycles. The zero-order valence-corrected chi connectivity index (χ0v) is 15.2. The summed E-state index contributed by atoms with van der Waals surface area (Å²) in [6.45, 7) is 2.47. The van der Waals surface area contributed by atoms with Crippen molar-refractivity contribution in [2.45, 2.75) is 70.0 Å². The van der Waals surface area contributed by atoms with Gasteiger partial charge in [-0.2, -0.15) is 0 Å². The van der Waals surface area contributed by atoms with Crippen molar-refractivity contribution in [2.75, 3.05) is 18.4 Å². The van der Waals surface area contributed by atoms with E-state index in [4.69, 9.17) is 10.2 Å². The quantitative estimate of drug-likeness (QED) is 0.806. The number of aromatic nitrogens is 2. The highest BCUT2D eigenvalue weighted by Gasteiger charge is 2.30. The number of nitrogens with zero attached hydrogens (tertiary/aromatic N) is 3. The van der Waals surface area contributed by atoms with Gasteiger partial charge in [0.2, 0.25) is 5.89 Å². The number of halogens is 2. The summed E-state index contributed by atoms with van der Waals surface area (Å²) in [5, 5.41) is 11.0. The van der Waals surface area contributed by atoms with Crippen molar-refractivity contribution in [3.05, 3.63) is 5.89 Å². The van der Waals surface area contributed by atoms with Crippen LogP contribution in [0.2, 0.25) is 0 Å². The molecule has 1 atom stereocenters. The molecule has 23 heavy (non-hydrogen) atoms. The Morgan fingerprint density at radius 1 is 1.09 bits per heavy atom. The van der Waals surface area contributed by atoms with Crippen molar-refractivity contribution in [3.63, 3.8) is 0 Å². The van der Waals surface area contributed by atoms with Gasteiger partial charge in [0.05, 0.1) is 6.54 Å². The number of hydrogen-bond donors (Lipinski definition) is 2. The Bertz CT molecular complexity index is 439. The Balaban J connectivity index is 0.00000132. The minimum absolute atomic E-state index is 0. The van der Waals surface area contributed by atoms with Crippen LogP contribution in [-0.4, -0.2) is 40.3 Å². The highest BCUT2D eigenvalue weighted by Crippen LogP contribution is 2.30. The third-order valence-electron chi connectivity index (χ3n) is 4.86. The number of rotatable bonds is 6. The molecule has 0 radical (unpaired) electrons. The maximum atomic E-state index is 5.47. The minimum atomic E-state index is 0. The number of nitrogens with two attached hydrogens (primary N) is 1. The van der Waals surface area contributed by atoms with Crippen LogP contribution in [0.15, 0.2) is 4.42 Å². The van der Waals surface area contributed by atoms with E-state index >= 15 is 0 Å². The monoisotopic (exact) mass is 365 g/mol. The van der Waals surface area contributed by atoms with Gasteiger partial charge in [-0.25, -0.2) is 0 Å². The van der Waals surface area contributed by atoms with Crippen molar-refractivity contribution in [2.24, 2.45) is 5.73 Å². The van der Waals surface area contributed by atoms with Crippen LogP contribution in [0, 0.1) is 0 Å². The fourth-order valence-corrected chi connectivity index (χ4v) is 3.80. The van der Waals surface area contributed by atoms with Crippen molar-refractivity contribution in [1.82, 2.24) is 15.1 Å². The Labute approximate surface area is 150 Å². The molecular formula is C15H29Cl2N5O. The molecule has 1 aliphatic heterocycles. The Kier molecular flexibility index (Phi) is 9.20. The molecule has 8 heteroatoms. The largest absolute Gasteiger partial charge is 0.407 e. The van der Waals surface area contributed by atoms with Gasteiger partial charge in [-0.1, -0.05) is 24.4 Å². The van der Waals surface area contributed by atoms with Gasteiger partial charge in [0, 0.05) is 18.6 Å². The van der Waals surface area contributed by atoms with E-state index in [-0.39, 0.29) is 24.8 Å². The second kappa shape index (κ2) is 10.3. The van der Waals surface area contributed by atoms with Crippen molar-refractivity contribution in [1.29, 1.82) is 0 Å². The van der Waals surface area contributed by atoms with E-state index in [0.717, 1.165) is 19.0 Å². The first-order chi connectivity index (χ1) is 10.4. The van der Waals surface area contributed by atoms with E-state index in [9.17, 15) is 0 Å². The lowest BCUT2D eigenvalue weighted by Gasteiger charge is -2.40. The maximum Gasteiger partial charge on any atom is 0.315 e. The summed E-state index contributed by atoms with van der Waals surface area (Å²) in [6, 6.07) is 2.05. The molecule has 3 rings (SSSR count). The van der Waals surface area contributed by atoms with Gasteiger partial charge >= 0.3 is 6.01 Å². The van der Waals surface area contributed by atoms with Crippen LogP contribution in [0.5, 0.6) is 0 Å². The SMILES string of the molecule is Cl.Cl.NCc1nnc(NCCC2CCCCN2C2CCCC2)o1. The first kappa shape index (κ1) is 20.5. The predicted molar refractivity (Wildman–Crippen MR) is 96.4 cm³/mol. The number of piperidine rings is 1. The molecule has 1 aromatic heterocycles. The van der Waals surface area contributed by atoms with Crippen molar-refractivity contribution < 1.29 is 4.42 Å². The van der Waals surface area contributed by atoms with Crippen LogP contribution >= 0.6 is 24.8 Å². The van der Waals surface area contributed by atoms with Gasteiger partial charge in [0.1, 0.15) is 0 Å². The van der Waals surface area contributed by atoms with E-state index in [1.165, 1.54) is 51.5 Å². The fourth-order valence-electron chi connectivity index (χ4n) is 3.80. The van der Waals surface area contributed by atoms with Crippen LogP contribution in [0.25, 0.3) is 0 Å². The molecule has 1 aromatic rings. The van der Waals surface area contributed by atoms with E-state index in [0.29, 0.717) is 24.5 Å².